The van der Waals surface area contributed by atoms with Crippen LogP contribution in [-0.4, -0.2) is 16.2 Å². The molecule has 0 bridgehead atoms. The molecule has 6 heavy (non-hydrogen) atoms. The second kappa shape index (κ2) is 2.12. The Morgan fingerprint density at radius 3 is 2.17 bits per heavy atom. The first-order valence-electron chi connectivity index (χ1n) is 1.15. The quantitative estimate of drug-likeness (QED) is 0.570. The second-order valence-electron chi connectivity index (χ2n) is 0.639. The fraction of sp³-hybridized carbons (Fsp3) is 0.500. The van der Waals surface area contributed by atoms with E-state index in [1.807, 2.05) is 0 Å². The zero-order valence-corrected chi connectivity index (χ0v) is 4.27. The van der Waals surface area contributed by atoms with Gasteiger partial charge in [0, 0.05) is 0 Å². The third-order valence-corrected chi connectivity index (χ3v) is 0.578. The van der Waals surface area contributed by atoms with Crippen molar-refractivity contribution in [1.82, 2.24) is 0 Å². The first-order valence-corrected chi connectivity index (χ1v) is 2.07. The molecule has 0 aromatic heterocycles. The SMILES string of the molecule is O=C(O)C(F)Br. The van der Waals surface area contributed by atoms with E-state index in [9.17, 15) is 9.18 Å². The van der Waals surface area contributed by atoms with Crippen LogP contribution in [0.2, 0.25) is 0 Å². The minimum absolute atomic E-state index is 1.49. The summed E-state index contributed by atoms with van der Waals surface area (Å²) in [5.74, 6) is -1.49. The van der Waals surface area contributed by atoms with Crippen LogP contribution in [0.4, 0.5) is 4.39 Å². The Morgan fingerprint density at radius 2 is 2.17 bits per heavy atom. The van der Waals surface area contributed by atoms with Gasteiger partial charge in [0.1, 0.15) is 0 Å². The minimum Gasteiger partial charge on any atom is -0.478 e. The summed E-state index contributed by atoms with van der Waals surface area (Å²) in [5, 5.41) is 5.65. The zero-order valence-electron chi connectivity index (χ0n) is 2.69. The summed E-state index contributed by atoms with van der Waals surface area (Å²) in [5.41, 5.74) is 0. The molecule has 0 heterocycles. The number of aliphatic carboxylic acids is 1. The van der Waals surface area contributed by atoms with E-state index in [-0.39, 0.29) is 0 Å². The Hall–Kier alpha value is -0.120. The van der Waals surface area contributed by atoms with Crippen LogP contribution in [0.3, 0.4) is 0 Å². The van der Waals surface area contributed by atoms with Crippen LogP contribution in [0.5, 0.6) is 0 Å². The summed E-state index contributed by atoms with van der Waals surface area (Å²) in [6.45, 7) is 0. The van der Waals surface area contributed by atoms with E-state index < -0.39 is 11.1 Å². The average molecular weight is 157 g/mol. The molecule has 0 amide bonds. The molecule has 0 aliphatic rings. The van der Waals surface area contributed by atoms with Gasteiger partial charge in [0.05, 0.1) is 0 Å². The maximum atomic E-state index is 11.1. The van der Waals surface area contributed by atoms with Gasteiger partial charge in [0.25, 0.3) is 5.08 Å². The van der Waals surface area contributed by atoms with Gasteiger partial charge in [-0.2, -0.15) is 0 Å². The van der Waals surface area contributed by atoms with Crippen molar-refractivity contribution < 1.29 is 14.3 Å². The van der Waals surface area contributed by atoms with E-state index in [2.05, 4.69) is 15.9 Å². The highest BCUT2D eigenvalue weighted by Crippen LogP contribution is 1.97. The molecular weight excluding hydrogens is 155 g/mol. The van der Waals surface area contributed by atoms with Gasteiger partial charge in [0.15, 0.2) is 0 Å². The van der Waals surface area contributed by atoms with Gasteiger partial charge in [-0.1, -0.05) is 0 Å². The molecule has 2 nitrogen and oxygen atoms in total. The Labute approximate surface area is 42.1 Å². The van der Waals surface area contributed by atoms with E-state index in [0.717, 1.165) is 0 Å². The van der Waals surface area contributed by atoms with Crippen molar-refractivity contribution in [3.63, 3.8) is 0 Å². The molecule has 0 aromatic carbocycles. The fourth-order valence-electron chi connectivity index (χ4n) is 0. The first-order chi connectivity index (χ1) is 2.64. The van der Waals surface area contributed by atoms with E-state index >= 15 is 0 Å². The predicted octanol–water partition coefficient (Wildman–Crippen LogP) is 0.762. The first kappa shape index (κ1) is 5.88. The number of rotatable bonds is 1. The van der Waals surface area contributed by atoms with Crippen LogP contribution in [-0.2, 0) is 4.79 Å². The number of halogens is 2. The molecule has 4 heteroatoms. The summed E-state index contributed by atoms with van der Waals surface area (Å²) >= 11 is 2.17. The standard InChI is InChI=1S/C2H2BrFO2/c3-1(4)2(5)6/h1H,(H,5,6). The molecule has 0 rings (SSSR count). The molecule has 1 N–H and O–H groups in total. The van der Waals surface area contributed by atoms with Crippen molar-refractivity contribution in [1.29, 1.82) is 0 Å². The Balaban J connectivity index is 3.26. The maximum absolute atomic E-state index is 11.1. The molecule has 0 saturated carbocycles. The van der Waals surface area contributed by atoms with Gasteiger partial charge in [-0.15, -0.1) is 0 Å². The van der Waals surface area contributed by atoms with Crippen molar-refractivity contribution in [3.05, 3.63) is 0 Å². The van der Waals surface area contributed by atoms with E-state index in [1.54, 1.807) is 0 Å². The van der Waals surface area contributed by atoms with Crippen molar-refractivity contribution in [2.24, 2.45) is 0 Å². The topological polar surface area (TPSA) is 37.3 Å². The van der Waals surface area contributed by atoms with Gasteiger partial charge >= 0.3 is 5.97 Å². The fourth-order valence-corrected chi connectivity index (χ4v) is 0. The second-order valence-corrected chi connectivity index (χ2v) is 1.44. The molecule has 36 valence electrons. The monoisotopic (exact) mass is 156 g/mol. The Bertz CT molecular complexity index is 62.6. The number of carboxylic acid groups (broad SMARTS) is 1. The number of carboxylic acids is 1. The highest BCUT2D eigenvalue weighted by atomic mass is 79.9. The number of hydrogen-bond donors (Lipinski definition) is 1. The zero-order chi connectivity index (χ0) is 5.15. The van der Waals surface area contributed by atoms with Crippen LogP contribution < -0.4 is 0 Å². The summed E-state index contributed by atoms with van der Waals surface area (Å²) in [7, 11) is 0. The smallest absolute Gasteiger partial charge is 0.349 e. The maximum Gasteiger partial charge on any atom is 0.349 e. The molecule has 0 aromatic rings. The summed E-state index contributed by atoms with van der Waals surface area (Å²) in [4.78, 5) is 9.28. The minimum atomic E-state index is -1.92. The third kappa shape index (κ3) is 2.14. The average Bonchev–Trinajstić information content (AvgIpc) is 1.36. The van der Waals surface area contributed by atoms with Crippen LogP contribution in [0, 0.1) is 0 Å². The van der Waals surface area contributed by atoms with Crippen molar-refractivity contribution >= 4 is 21.9 Å². The third-order valence-electron chi connectivity index (χ3n) is 0.187. The lowest BCUT2D eigenvalue weighted by atomic mass is 10.8. The van der Waals surface area contributed by atoms with Crippen LogP contribution in [0.25, 0.3) is 0 Å². The van der Waals surface area contributed by atoms with Crippen LogP contribution in [0.1, 0.15) is 0 Å². The largest absolute Gasteiger partial charge is 0.478 e. The number of hydrogen-bond acceptors (Lipinski definition) is 1. The van der Waals surface area contributed by atoms with E-state index in [4.69, 9.17) is 5.11 Å². The molecule has 1 atom stereocenters. The van der Waals surface area contributed by atoms with Crippen LogP contribution in [0.15, 0.2) is 0 Å². The van der Waals surface area contributed by atoms with Gasteiger partial charge in [-0.05, 0) is 15.9 Å². The highest BCUT2D eigenvalue weighted by molar-refractivity contribution is 9.09. The highest BCUT2D eigenvalue weighted by Gasteiger charge is 2.07. The Kier molecular flexibility index (Phi) is 2.08. The number of alkyl halides is 2. The molecule has 0 spiro atoms. The molecule has 1 unspecified atom stereocenters. The lowest BCUT2D eigenvalue weighted by molar-refractivity contribution is -0.139. The van der Waals surface area contributed by atoms with Gasteiger partial charge in [-0.25, -0.2) is 9.18 Å². The molecular formula is C2H2BrFO2. The molecule has 0 aliphatic carbocycles. The summed E-state index contributed by atoms with van der Waals surface area (Å²) in [6, 6.07) is 0. The molecule has 0 aliphatic heterocycles. The summed E-state index contributed by atoms with van der Waals surface area (Å²) in [6.07, 6.45) is 0. The molecule has 0 saturated heterocycles. The van der Waals surface area contributed by atoms with E-state index in [1.165, 1.54) is 0 Å². The lowest BCUT2D eigenvalue weighted by Gasteiger charge is -1.83. The summed E-state index contributed by atoms with van der Waals surface area (Å²) < 4.78 is 11.1. The molecule has 0 radical (unpaired) electrons. The van der Waals surface area contributed by atoms with Gasteiger partial charge in [-0.3, -0.25) is 0 Å². The van der Waals surface area contributed by atoms with Gasteiger partial charge < -0.3 is 5.11 Å². The lowest BCUT2D eigenvalue weighted by Crippen LogP contribution is -2.04. The molecule has 0 fully saturated rings. The van der Waals surface area contributed by atoms with Crippen molar-refractivity contribution in [3.8, 4) is 0 Å². The van der Waals surface area contributed by atoms with E-state index in [0.29, 0.717) is 0 Å². The predicted molar refractivity (Wildman–Crippen MR) is 21.5 cm³/mol. The van der Waals surface area contributed by atoms with Gasteiger partial charge in [0.2, 0.25) is 0 Å². The Morgan fingerprint density at radius 1 is 2.00 bits per heavy atom. The number of carbonyl (C=O) groups is 1. The normalized spacial score (nSPS) is 13.7. The van der Waals surface area contributed by atoms with Crippen molar-refractivity contribution in [2.45, 2.75) is 5.08 Å². The van der Waals surface area contributed by atoms with Crippen molar-refractivity contribution in [2.75, 3.05) is 0 Å². The van der Waals surface area contributed by atoms with Crippen LogP contribution >= 0.6 is 15.9 Å².